The van der Waals surface area contributed by atoms with Crippen molar-refractivity contribution in [1.82, 2.24) is 10.3 Å². The molecule has 14 nitrogen and oxygen atoms in total. The molecular formula is C50H61N3O11S. The van der Waals surface area contributed by atoms with E-state index in [1.807, 2.05) is 38.1 Å². The number of ketones is 2. The van der Waals surface area contributed by atoms with E-state index in [2.05, 4.69) is 22.5 Å². The third kappa shape index (κ3) is 10.1. The Morgan fingerprint density at radius 3 is 2.38 bits per heavy atom. The van der Waals surface area contributed by atoms with Gasteiger partial charge in [0.2, 0.25) is 11.7 Å². The van der Waals surface area contributed by atoms with Crippen LogP contribution in [0.3, 0.4) is 0 Å². The van der Waals surface area contributed by atoms with Gasteiger partial charge in [-0.3, -0.25) is 29.0 Å². The third-order valence-corrected chi connectivity index (χ3v) is 14.3. The number of aliphatic hydroxyl groups is 2. The minimum atomic E-state index is -1.85. The number of nitrogens with one attached hydrogen (secondary N) is 2. The molecule has 4 aliphatic carbocycles. The van der Waals surface area contributed by atoms with E-state index in [0.29, 0.717) is 29.7 Å². The summed E-state index contributed by atoms with van der Waals surface area (Å²) in [6.45, 7) is 10.1. The fourth-order valence-electron chi connectivity index (χ4n) is 11.1. The first-order chi connectivity index (χ1) is 30.2. The molecule has 4 aliphatic rings. The number of hydrogen-bond acceptors (Lipinski definition) is 12. The quantitative estimate of drug-likeness (QED) is 0.103. The number of aromatic nitrogens is 1. The highest BCUT2D eigenvalue weighted by Crippen LogP contribution is 2.68. The molecule has 2 aromatic carbocycles. The Balaban J connectivity index is 0.00000700. The van der Waals surface area contributed by atoms with Gasteiger partial charge in [0.15, 0.2) is 12.4 Å². The number of rotatable bonds is 13. The number of alkyl carbamates (subject to hydrolysis) is 1. The zero-order chi connectivity index (χ0) is 46.2. The van der Waals surface area contributed by atoms with Crippen molar-refractivity contribution in [1.29, 1.82) is 0 Å². The fourth-order valence-corrected chi connectivity index (χ4v) is 11.1. The van der Waals surface area contributed by atoms with Crippen LogP contribution >= 0.6 is 13.5 Å². The van der Waals surface area contributed by atoms with Crippen LogP contribution in [0.2, 0.25) is 0 Å². The number of nitrogens with zero attached hydrogens (tertiary/aromatic N) is 1. The number of pyridine rings is 1. The van der Waals surface area contributed by atoms with Crippen molar-refractivity contribution >= 4 is 65.5 Å². The van der Waals surface area contributed by atoms with Crippen molar-refractivity contribution in [3.63, 3.8) is 0 Å². The van der Waals surface area contributed by atoms with Crippen LogP contribution in [0.15, 0.2) is 84.7 Å². The van der Waals surface area contributed by atoms with Crippen molar-refractivity contribution in [2.24, 2.45) is 34.5 Å². The summed E-state index contributed by atoms with van der Waals surface area (Å²) in [7, 11) is 0. The number of carbonyl (C=O) groups excluding carboxylic acids is 6. The highest BCUT2D eigenvalue weighted by atomic mass is 32.1. The number of allylic oxidation sites excluding steroid dienone is 4. The Bertz CT molecular complexity index is 2390. The first kappa shape index (κ1) is 49.1. The number of Topliss-reactive ketones (excluding diaryl/α,β-unsaturated/α-hetero) is 1. The number of aliphatic hydroxyl groups excluding tert-OH is 1. The molecule has 65 heavy (non-hydrogen) atoms. The van der Waals surface area contributed by atoms with Crippen molar-refractivity contribution in [3.05, 3.63) is 95.9 Å². The highest BCUT2D eigenvalue weighted by molar-refractivity contribution is 7.59. The topological polar surface area (TPSA) is 208 Å². The molecule has 348 valence electrons. The average molecular weight is 912 g/mol. The largest absolute Gasteiger partial charge is 0.461 e. The molecule has 3 fully saturated rings. The Hall–Kier alpha value is -5.38. The van der Waals surface area contributed by atoms with E-state index in [1.54, 1.807) is 75.6 Å². The predicted molar refractivity (Wildman–Crippen MR) is 247 cm³/mol. The van der Waals surface area contributed by atoms with E-state index in [0.717, 1.165) is 22.8 Å². The monoisotopic (exact) mass is 911 g/mol. The molecule has 15 heteroatoms. The Labute approximate surface area is 386 Å². The lowest BCUT2D eigenvalue weighted by molar-refractivity contribution is -0.186. The summed E-state index contributed by atoms with van der Waals surface area (Å²) in [4.78, 5) is 81.9. The van der Waals surface area contributed by atoms with Crippen molar-refractivity contribution in [2.75, 3.05) is 18.5 Å². The smallest absolute Gasteiger partial charge is 0.407 e. The van der Waals surface area contributed by atoms with Gasteiger partial charge < -0.3 is 35.1 Å². The second kappa shape index (κ2) is 19.2. The van der Waals surface area contributed by atoms with Crippen LogP contribution in [0.25, 0.3) is 10.8 Å². The van der Waals surface area contributed by atoms with Gasteiger partial charge in [-0.25, -0.2) is 4.79 Å². The minimum Gasteiger partial charge on any atom is -0.461 e. The molecule has 0 bridgehead atoms. The lowest BCUT2D eigenvalue weighted by Crippen LogP contribution is -2.62. The van der Waals surface area contributed by atoms with E-state index >= 15 is 0 Å². The highest BCUT2D eigenvalue weighted by Gasteiger charge is 2.70. The molecule has 3 saturated carbocycles. The number of ether oxygens (including phenoxy) is 3. The number of benzene rings is 2. The van der Waals surface area contributed by atoms with Crippen LogP contribution in [0.4, 0.5) is 10.5 Å². The van der Waals surface area contributed by atoms with Crippen LogP contribution in [-0.4, -0.2) is 81.2 Å². The van der Waals surface area contributed by atoms with E-state index in [9.17, 15) is 39.0 Å². The van der Waals surface area contributed by atoms with Crippen LogP contribution in [0.1, 0.15) is 97.1 Å². The van der Waals surface area contributed by atoms with Crippen molar-refractivity contribution < 1.29 is 53.2 Å². The van der Waals surface area contributed by atoms with E-state index in [4.69, 9.17) is 14.2 Å². The van der Waals surface area contributed by atoms with Gasteiger partial charge in [-0.15, -0.1) is 0 Å². The summed E-state index contributed by atoms with van der Waals surface area (Å²) in [6.07, 6.45) is 8.60. The second-order valence-electron chi connectivity index (χ2n) is 19.5. The number of amides is 2. The summed E-state index contributed by atoms with van der Waals surface area (Å²) in [5.74, 6) is -4.00. The zero-order valence-electron chi connectivity index (χ0n) is 37.8. The zero-order valence-corrected chi connectivity index (χ0v) is 38.8. The van der Waals surface area contributed by atoms with Gasteiger partial charge in [-0.1, -0.05) is 62.8 Å². The number of esters is 2. The van der Waals surface area contributed by atoms with Crippen molar-refractivity contribution in [3.8, 4) is 0 Å². The lowest BCUT2D eigenvalue weighted by atomic mass is 9.46. The summed E-state index contributed by atoms with van der Waals surface area (Å²) in [5, 5.41) is 31.4. The summed E-state index contributed by atoms with van der Waals surface area (Å²) in [5.41, 5.74) is -1.25. The van der Waals surface area contributed by atoms with Gasteiger partial charge in [0, 0.05) is 46.8 Å². The first-order valence-corrected chi connectivity index (χ1v) is 22.1. The molecule has 0 aliphatic heterocycles. The minimum absolute atomic E-state index is 0. The molecule has 0 unspecified atom stereocenters. The number of fused-ring (bicyclic) bond motifs is 6. The second-order valence-corrected chi connectivity index (χ2v) is 19.5. The first-order valence-electron chi connectivity index (χ1n) is 22.1. The van der Waals surface area contributed by atoms with Gasteiger partial charge in [-0.2, -0.15) is 13.5 Å². The molecule has 7 rings (SSSR count). The average Bonchev–Trinajstić information content (AvgIpc) is 3.45. The summed E-state index contributed by atoms with van der Waals surface area (Å²) < 4.78 is 16.1. The molecule has 1 heterocycles. The molecule has 2 amide bonds. The maximum Gasteiger partial charge on any atom is 0.407 e. The number of carbonyl (C=O) groups is 6. The van der Waals surface area contributed by atoms with Gasteiger partial charge >= 0.3 is 18.0 Å². The van der Waals surface area contributed by atoms with E-state index in [-0.39, 0.29) is 75.4 Å². The number of anilines is 1. The lowest BCUT2D eigenvalue weighted by Gasteiger charge is -2.59. The van der Waals surface area contributed by atoms with Gasteiger partial charge in [-0.05, 0) is 111 Å². The van der Waals surface area contributed by atoms with Gasteiger partial charge in [0.1, 0.15) is 17.8 Å². The van der Waals surface area contributed by atoms with Gasteiger partial charge in [0.05, 0.1) is 24.9 Å². The molecule has 0 radical (unpaired) electrons. The summed E-state index contributed by atoms with van der Waals surface area (Å²) >= 11 is 0. The number of hydrogen-bond donors (Lipinski definition) is 4. The molecule has 9 atom stereocenters. The van der Waals surface area contributed by atoms with Crippen LogP contribution < -0.4 is 10.6 Å². The Morgan fingerprint density at radius 2 is 1.68 bits per heavy atom. The Kier molecular flexibility index (Phi) is 14.5. The molecular weight excluding hydrogens is 851 g/mol. The molecule has 3 aromatic rings. The van der Waals surface area contributed by atoms with Crippen LogP contribution in [-0.2, 0) is 44.8 Å². The predicted octanol–water partition coefficient (Wildman–Crippen LogP) is 6.79. The van der Waals surface area contributed by atoms with E-state index in [1.165, 1.54) is 0 Å². The van der Waals surface area contributed by atoms with Crippen LogP contribution in [0, 0.1) is 34.5 Å². The van der Waals surface area contributed by atoms with Crippen LogP contribution in [0.5, 0.6) is 0 Å². The molecule has 1 aromatic heterocycles. The normalized spacial score (nSPS) is 28.3. The standard InChI is InChI=1S/C50H59N3O11.H2S/c1-29-21-39-37-14-12-34-23-36(54)17-19-48(34,5)44(37)40(55)24-49(39,6)50(29,61)41(56)28-63-43(58)16-15-42(57)62-27-30-7-9-31(10-8-30)38(26-52-46(60)64-47(2,3)4)45(59)53-35-13-11-33-25-51-20-18-32(33)22-35;/h7-11,13,17-20,22-23,25,29,37-40,44,55,61H,12,14-16,21,24,26-28H2,1-6H3,(H,52,60)(H,53,59);1H2/t29-,37+,38-,39+,40+,44-,48+,49+,50+;/m1./s1. The molecule has 0 saturated heterocycles. The van der Waals surface area contributed by atoms with Crippen molar-refractivity contribution in [2.45, 2.75) is 110 Å². The summed E-state index contributed by atoms with van der Waals surface area (Å²) in [6, 6.07) is 14.1. The van der Waals surface area contributed by atoms with Gasteiger partial charge in [0.25, 0.3) is 0 Å². The Morgan fingerprint density at radius 1 is 0.969 bits per heavy atom. The SMILES string of the molecule is C[C@@H]1C[C@H]2[C@@H]3CCC4=CC(=O)C=C[C@]4(C)[C@H]3[C@@H](O)C[C@]2(C)[C@@]1(O)C(=O)COC(=O)CCC(=O)OCc1ccc([C@@H](CNC(=O)OC(C)(C)C)C(=O)Nc2ccc3cnccc3c2)cc1.S. The maximum atomic E-state index is 13.9. The fraction of sp³-hybridized carbons (Fsp3) is 0.500. The van der Waals surface area contributed by atoms with E-state index < -0.39 is 70.4 Å². The molecule has 0 spiro atoms. The third-order valence-electron chi connectivity index (χ3n) is 14.3. The molecule has 4 N–H and O–H groups in total. The maximum absolute atomic E-state index is 13.9.